The van der Waals surface area contributed by atoms with Crippen LogP contribution in [0.2, 0.25) is 0 Å². The molecule has 7 heteroatoms. The summed E-state index contributed by atoms with van der Waals surface area (Å²) in [4.78, 5) is 14.8. The van der Waals surface area contributed by atoms with Crippen LogP contribution in [-0.4, -0.2) is 50.3 Å². The summed E-state index contributed by atoms with van der Waals surface area (Å²) in [6.07, 6.45) is 3.60. The minimum atomic E-state index is 0.0489. The van der Waals surface area contributed by atoms with E-state index in [1.165, 1.54) is 0 Å². The van der Waals surface area contributed by atoms with Gasteiger partial charge >= 0.3 is 0 Å². The smallest absolute Gasteiger partial charge is 0.220 e. The number of carbonyl (C=O) groups excluding carboxylic acids is 1. The van der Waals surface area contributed by atoms with E-state index in [-0.39, 0.29) is 11.7 Å². The van der Waals surface area contributed by atoms with Crippen molar-refractivity contribution in [2.75, 3.05) is 34.4 Å². The molecule has 0 aliphatic carbocycles. The van der Waals surface area contributed by atoms with Crippen LogP contribution in [0.25, 0.3) is 0 Å². The van der Waals surface area contributed by atoms with Gasteiger partial charge < -0.3 is 24.6 Å². The number of benzene rings is 2. The fourth-order valence-electron chi connectivity index (χ4n) is 4.19. The Bertz CT molecular complexity index is 902. The van der Waals surface area contributed by atoms with E-state index in [0.717, 1.165) is 49.2 Å². The number of hydrogen-bond donors (Lipinski definition) is 2. The van der Waals surface area contributed by atoms with Gasteiger partial charge in [-0.05, 0) is 49.9 Å². The van der Waals surface area contributed by atoms with Gasteiger partial charge in [0.1, 0.15) is 23.0 Å². The number of amides is 1. The molecule has 1 aliphatic heterocycles. The van der Waals surface area contributed by atoms with Crippen LogP contribution in [0.4, 0.5) is 0 Å². The number of hydrogen-bond acceptors (Lipinski definition) is 6. The molecule has 32 heavy (non-hydrogen) atoms. The Kier molecular flexibility index (Phi) is 8.62. The number of carbonyl (C=O) groups is 1. The van der Waals surface area contributed by atoms with Gasteiger partial charge in [-0.2, -0.15) is 0 Å². The van der Waals surface area contributed by atoms with Gasteiger partial charge in [0, 0.05) is 49.3 Å². The zero-order chi connectivity index (χ0) is 22.9. The van der Waals surface area contributed by atoms with Crippen LogP contribution in [-0.2, 0) is 17.9 Å². The van der Waals surface area contributed by atoms with Crippen molar-refractivity contribution in [1.82, 2.24) is 10.2 Å². The highest BCUT2D eigenvalue weighted by atomic mass is 16.5. The van der Waals surface area contributed by atoms with Gasteiger partial charge in [0.05, 0.1) is 21.3 Å². The molecule has 0 bridgehead atoms. The number of aromatic hydroxyl groups is 1. The Labute approximate surface area is 190 Å². The summed E-state index contributed by atoms with van der Waals surface area (Å²) in [6.45, 7) is 3.08. The molecule has 1 heterocycles. The average Bonchev–Trinajstić information content (AvgIpc) is 2.82. The molecule has 3 rings (SSSR count). The Morgan fingerprint density at radius 1 is 1.06 bits per heavy atom. The molecule has 1 atom stereocenters. The Morgan fingerprint density at radius 3 is 2.47 bits per heavy atom. The lowest BCUT2D eigenvalue weighted by molar-refractivity contribution is -0.121. The standard InChI is InChI=1S/C25H34N2O5/c1-30-21-10-8-20(23(28)13-21)17-27-12-4-5-18(16-27)6-11-25(29)26-15-19-7-9-22(31-2)14-24(19)32-3/h7-10,13-14,18,28H,4-6,11-12,15-17H2,1-3H3,(H,26,29)/t18-/m1/s1. The second kappa shape index (κ2) is 11.6. The maximum Gasteiger partial charge on any atom is 0.220 e. The van der Waals surface area contributed by atoms with Crippen molar-refractivity contribution in [1.29, 1.82) is 0 Å². The van der Waals surface area contributed by atoms with Crippen molar-refractivity contribution in [3.05, 3.63) is 47.5 Å². The first kappa shape index (κ1) is 23.7. The highest BCUT2D eigenvalue weighted by Crippen LogP contribution is 2.28. The summed E-state index contributed by atoms with van der Waals surface area (Å²) in [7, 11) is 4.82. The molecule has 0 aromatic heterocycles. The second-order valence-electron chi connectivity index (χ2n) is 8.23. The van der Waals surface area contributed by atoms with Crippen molar-refractivity contribution < 1.29 is 24.1 Å². The largest absolute Gasteiger partial charge is 0.507 e. The minimum Gasteiger partial charge on any atom is -0.507 e. The van der Waals surface area contributed by atoms with Crippen LogP contribution < -0.4 is 19.5 Å². The molecule has 2 aromatic rings. The zero-order valence-electron chi connectivity index (χ0n) is 19.2. The van der Waals surface area contributed by atoms with Crippen molar-refractivity contribution in [2.24, 2.45) is 5.92 Å². The monoisotopic (exact) mass is 442 g/mol. The van der Waals surface area contributed by atoms with Crippen LogP contribution in [0.3, 0.4) is 0 Å². The van der Waals surface area contributed by atoms with Crippen LogP contribution in [0, 0.1) is 5.92 Å². The molecular formula is C25H34N2O5. The molecule has 174 valence electrons. The van der Waals surface area contributed by atoms with Crippen LogP contribution >= 0.6 is 0 Å². The third-order valence-corrected chi connectivity index (χ3v) is 6.04. The molecule has 1 fully saturated rings. The summed E-state index contributed by atoms with van der Waals surface area (Å²) in [6, 6.07) is 11.0. The molecule has 1 amide bonds. The van der Waals surface area contributed by atoms with E-state index in [2.05, 4.69) is 10.2 Å². The fourth-order valence-corrected chi connectivity index (χ4v) is 4.19. The van der Waals surface area contributed by atoms with E-state index < -0.39 is 0 Å². The molecule has 0 radical (unpaired) electrons. The van der Waals surface area contributed by atoms with Gasteiger partial charge in [-0.25, -0.2) is 0 Å². The maximum atomic E-state index is 12.4. The number of likely N-dealkylation sites (tertiary alicyclic amines) is 1. The lowest BCUT2D eigenvalue weighted by Gasteiger charge is -2.33. The normalized spacial score (nSPS) is 16.4. The molecule has 2 N–H and O–H groups in total. The number of phenols is 1. The number of piperidine rings is 1. The van der Waals surface area contributed by atoms with Crippen LogP contribution in [0.15, 0.2) is 36.4 Å². The van der Waals surface area contributed by atoms with Crippen molar-refractivity contribution in [3.8, 4) is 23.0 Å². The number of nitrogens with zero attached hydrogens (tertiary/aromatic N) is 1. The highest BCUT2D eigenvalue weighted by Gasteiger charge is 2.21. The molecular weight excluding hydrogens is 408 g/mol. The Balaban J connectivity index is 1.45. The molecule has 0 unspecified atom stereocenters. The first-order chi connectivity index (χ1) is 15.5. The van der Waals surface area contributed by atoms with Crippen LogP contribution in [0.1, 0.15) is 36.8 Å². The van der Waals surface area contributed by atoms with Gasteiger partial charge in [-0.1, -0.05) is 6.07 Å². The van der Waals surface area contributed by atoms with E-state index in [0.29, 0.717) is 36.9 Å². The third-order valence-electron chi connectivity index (χ3n) is 6.04. The summed E-state index contributed by atoms with van der Waals surface area (Å²) in [5.74, 6) is 2.87. The summed E-state index contributed by atoms with van der Waals surface area (Å²) in [5.41, 5.74) is 1.82. The van der Waals surface area contributed by atoms with Gasteiger partial charge in [-0.3, -0.25) is 9.69 Å². The SMILES string of the molecule is COc1ccc(CN2CCC[C@H](CCC(=O)NCc3ccc(OC)cc3OC)C2)c(O)c1. The highest BCUT2D eigenvalue weighted by molar-refractivity contribution is 5.75. The number of rotatable bonds is 10. The number of ether oxygens (including phenoxy) is 3. The van der Waals surface area contributed by atoms with E-state index >= 15 is 0 Å². The van der Waals surface area contributed by atoms with Gasteiger partial charge in [0.15, 0.2) is 0 Å². The molecule has 0 spiro atoms. The van der Waals surface area contributed by atoms with Crippen molar-refractivity contribution >= 4 is 5.91 Å². The average molecular weight is 443 g/mol. The van der Waals surface area contributed by atoms with E-state index in [4.69, 9.17) is 14.2 Å². The Hall–Kier alpha value is -2.93. The van der Waals surface area contributed by atoms with Gasteiger partial charge in [-0.15, -0.1) is 0 Å². The molecule has 7 nitrogen and oxygen atoms in total. The first-order valence-corrected chi connectivity index (χ1v) is 11.1. The maximum absolute atomic E-state index is 12.4. The predicted octanol–water partition coefficient (Wildman–Crippen LogP) is 3.73. The van der Waals surface area contributed by atoms with E-state index in [1.54, 1.807) is 27.4 Å². The topological polar surface area (TPSA) is 80.3 Å². The predicted molar refractivity (Wildman–Crippen MR) is 123 cm³/mol. The lowest BCUT2D eigenvalue weighted by Crippen LogP contribution is -2.35. The number of nitrogens with one attached hydrogen (secondary N) is 1. The molecule has 0 saturated carbocycles. The summed E-state index contributed by atoms with van der Waals surface area (Å²) >= 11 is 0. The number of methoxy groups -OCH3 is 3. The minimum absolute atomic E-state index is 0.0489. The van der Waals surface area contributed by atoms with Crippen LogP contribution in [0.5, 0.6) is 23.0 Å². The quantitative estimate of drug-likeness (QED) is 0.584. The summed E-state index contributed by atoms with van der Waals surface area (Å²) < 4.78 is 15.8. The Morgan fingerprint density at radius 2 is 1.78 bits per heavy atom. The molecule has 1 saturated heterocycles. The first-order valence-electron chi connectivity index (χ1n) is 11.1. The third kappa shape index (κ3) is 6.53. The summed E-state index contributed by atoms with van der Waals surface area (Å²) in [5, 5.41) is 13.2. The van der Waals surface area contributed by atoms with E-state index in [1.807, 2.05) is 30.3 Å². The van der Waals surface area contributed by atoms with E-state index in [9.17, 15) is 9.90 Å². The molecule has 1 aliphatic rings. The zero-order valence-corrected chi connectivity index (χ0v) is 19.2. The van der Waals surface area contributed by atoms with Gasteiger partial charge in [0.25, 0.3) is 0 Å². The second-order valence-corrected chi connectivity index (χ2v) is 8.23. The van der Waals surface area contributed by atoms with Crippen molar-refractivity contribution in [2.45, 2.75) is 38.8 Å². The lowest BCUT2D eigenvalue weighted by atomic mass is 9.93. The number of phenolic OH excluding ortho intramolecular Hbond substituents is 1. The molecule has 2 aromatic carbocycles. The fraction of sp³-hybridized carbons (Fsp3) is 0.480. The van der Waals surface area contributed by atoms with Gasteiger partial charge in [0.2, 0.25) is 5.91 Å². The van der Waals surface area contributed by atoms with Crippen molar-refractivity contribution in [3.63, 3.8) is 0 Å².